The monoisotopic (exact) mass is 425 g/mol. The van der Waals surface area contributed by atoms with Gasteiger partial charge in [0.15, 0.2) is 5.78 Å². The summed E-state index contributed by atoms with van der Waals surface area (Å²) in [5, 5.41) is 9.88. The Hall–Kier alpha value is -1.43. The Morgan fingerprint density at radius 1 is 1.00 bits per heavy atom. The van der Waals surface area contributed by atoms with E-state index in [2.05, 4.69) is 13.8 Å². The third-order valence-corrected chi connectivity index (χ3v) is 10.4. The van der Waals surface area contributed by atoms with E-state index >= 15 is 0 Å². The first kappa shape index (κ1) is 21.4. The van der Waals surface area contributed by atoms with Crippen molar-refractivity contribution in [2.24, 2.45) is 46.3 Å². The van der Waals surface area contributed by atoms with Gasteiger partial charge in [-0.15, -0.1) is 0 Å². The van der Waals surface area contributed by atoms with Crippen LogP contribution in [0.25, 0.3) is 0 Å². The van der Waals surface area contributed by atoms with Crippen LogP contribution in [0, 0.1) is 29.1 Å². The lowest BCUT2D eigenvalue weighted by Crippen LogP contribution is -2.81. The normalized spacial score (nSPS) is 49.1. The molecule has 0 aromatic heterocycles. The van der Waals surface area contributed by atoms with E-state index in [9.17, 15) is 9.90 Å². The maximum atomic E-state index is 13.5. The summed E-state index contributed by atoms with van der Waals surface area (Å²) < 4.78 is 0. The number of nitrogens with two attached hydrogens (primary N) is 3. The molecule has 1 aromatic carbocycles. The largest absolute Gasteiger partial charge is 0.508 e. The molecule has 5 rings (SSSR count). The van der Waals surface area contributed by atoms with Gasteiger partial charge in [-0.3, -0.25) is 4.79 Å². The predicted octanol–water partition coefficient (Wildman–Crippen LogP) is 3.72. The zero-order valence-electron chi connectivity index (χ0n) is 19.1. The van der Waals surface area contributed by atoms with Gasteiger partial charge < -0.3 is 22.3 Å². The van der Waals surface area contributed by atoms with Crippen LogP contribution in [0.3, 0.4) is 0 Å². The minimum atomic E-state index is -0.402. The molecular weight excluding hydrogens is 386 g/mol. The minimum Gasteiger partial charge on any atom is -0.508 e. The molecule has 4 fully saturated rings. The van der Waals surface area contributed by atoms with E-state index in [-0.39, 0.29) is 45.8 Å². The summed E-state index contributed by atoms with van der Waals surface area (Å²) in [6.07, 6.45) is 8.65. The van der Waals surface area contributed by atoms with Gasteiger partial charge in [0.1, 0.15) is 5.75 Å². The number of hydrogen-bond donors (Lipinski definition) is 4. The van der Waals surface area contributed by atoms with Crippen LogP contribution in [0.1, 0.15) is 82.0 Å². The molecule has 170 valence electrons. The summed E-state index contributed by atoms with van der Waals surface area (Å²) in [6, 6.07) is 6.79. The number of ketones is 1. The number of fused-ring (bicyclic) bond motifs is 5. The molecular formula is C26H39N3O2. The molecule has 0 bridgehead atoms. The van der Waals surface area contributed by atoms with E-state index in [0.717, 1.165) is 57.8 Å². The molecule has 1 aromatic rings. The Bertz CT molecular complexity index is 904. The molecule has 0 saturated heterocycles. The van der Waals surface area contributed by atoms with Crippen molar-refractivity contribution in [3.05, 3.63) is 29.8 Å². The number of Topliss-reactive ketones (excluding diaryl/α,β-unsaturated/α-hetero) is 1. The van der Waals surface area contributed by atoms with E-state index < -0.39 is 5.54 Å². The Morgan fingerprint density at radius 2 is 1.77 bits per heavy atom. The van der Waals surface area contributed by atoms with Crippen molar-refractivity contribution in [1.82, 2.24) is 0 Å². The molecule has 5 nitrogen and oxygen atoms in total. The van der Waals surface area contributed by atoms with Crippen molar-refractivity contribution in [2.45, 2.75) is 88.3 Å². The molecule has 4 aliphatic carbocycles. The van der Waals surface area contributed by atoms with Crippen molar-refractivity contribution in [3.63, 3.8) is 0 Å². The molecule has 4 saturated carbocycles. The summed E-state index contributed by atoms with van der Waals surface area (Å²) in [7, 11) is 0. The zero-order valence-corrected chi connectivity index (χ0v) is 19.1. The average Bonchev–Trinajstić information content (AvgIpc) is 3.07. The first-order valence-electron chi connectivity index (χ1n) is 12.2. The van der Waals surface area contributed by atoms with E-state index in [4.69, 9.17) is 17.2 Å². The maximum absolute atomic E-state index is 13.5. The lowest BCUT2D eigenvalue weighted by molar-refractivity contribution is -0.104. The Morgan fingerprint density at radius 3 is 2.52 bits per heavy atom. The van der Waals surface area contributed by atoms with Crippen molar-refractivity contribution in [2.75, 3.05) is 0 Å². The number of benzene rings is 1. The Kier molecular flexibility index (Phi) is 4.69. The molecule has 7 N–H and O–H groups in total. The molecule has 2 unspecified atom stereocenters. The van der Waals surface area contributed by atoms with Crippen LogP contribution in [0.15, 0.2) is 24.3 Å². The van der Waals surface area contributed by atoms with Gasteiger partial charge >= 0.3 is 0 Å². The number of aromatic hydroxyl groups is 1. The second-order valence-electron chi connectivity index (χ2n) is 11.9. The van der Waals surface area contributed by atoms with E-state index in [1.54, 1.807) is 18.2 Å². The molecule has 0 heterocycles. The Labute approximate surface area is 186 Å². The lowest BCUT2D eigenvalue weighted by atomic mass is 9.42. The molecule has 4 aliphatic rings. The molecule has 0 aliphatic heterocycles. The number of carbonyl (C=O) groups is 1. The first-order chi connectivity index (χ1) is 14.5. The van der Waals surface area contributed by atoms with Crippen LogP contribution in [-0.2, 0) is 0 Å². The SMILES string of the molecule is C[C@H]1CC[C@]2(N)C3CC[C@@]4(C)C(CC[C@@H]4C(=O)c4cccc(O)c4)[C@]3(N)CC[C@]2(N)C1. The van der Waals surface area contributed by atoms with Crippen molar-refractivity contribution >= 4 is 5.78 Å². The van der Waals surface area contributed by atoms with Crippen molar-refractivity contribution in [3.8, 4) is 5.75 Å². The van der Waals surface area contributed by atoms with Gasteiger partial charge in [-0.1, -0.05) is 26.0 Å². The van der Waals surface area contributed by atoms with Crippen LogP contribution in [0.4, 0.5) is 0 Å². The second-order valence-corrected chi connectivity index (χ2v) is 11.9. The number of rotatable bonds is 2. The molecule has 0 spiro atoms. The number of hydrogen-bond acceptors (Lipinski definition) is 5. The topological polar surface area (TPSA) is 115 Å². The van der Waals surface area contributed by atoms with Gasteiger partial charge in [-0.25, -0.2) is 0 Å². The number of phenols is 1. The van der Waals surface area contributed by atoms with Gasteiger partial charge in [0.2, 0.25) is 0 Å². The van der Waals surface area contributed by atoms with Crippen LogP contribution in [0.2, 0.25) is 0 Å². The highest BCUT2D eigenvalue weighted by atomic mass is 16.3. The van der Waals surface area contributed by atoms with Crippen LogP contribution >= 0.6 is 0 Å². The Balaban J connectivity index is 1.47. The predicted molar refractivity (Wildman–Crippen MR) is 122 cm³/mol. The van der Waals surface area contributed by atoms with Crippen LogP contribution in [0.5, 0.6) is 5.75 Å². The third-order valence-electron chi connectivity index (χ3n) is 10.4. The minimum absolute atomic E-state index is 0.0506. The number of phenolic OH excluding ortho intramolecular Hbond substituents is 1. The third kappa shape index (κ3) is 2.82. The van der Waals surface area contributed by atoms with E-state index in [0.29, 0.717) is 11.5 Å². The van der Waals surface area contributed by atoms with Gasteiger partial charge in [-0.2, -0.15) is 0 Å². The fourth-order valence-corrected chi connectivity index (χ4v) is 8.75. The standard InChI is InChI=1S/C26H39N3O2/c1-16-8-11-26(29)21-9-10-23(2)19(22(31)17-4-3-5-18(30)14-17)6-7-20(23)25(21,28)13-12-24(26,27)15-16/h3-5,14,16,19-21,30H,6-13,15,27-29H2,1-2H3/t16-,19+,20?,21?,23+,24-,25+,26-/m0/s1. The first-order valence-corrected chi connectivity index (χ1v) is 12.2. The number of carbonyl (C=O) groups excluding carboxylic acids is 1. The quantitative estimate of drug-likeness (QED) is 0.539. The van der Waals surface area contributed by atoms with Gasteiger partial charge in [-0.05, 0) is 93.1 Å². The van der Waals surface area contributed by atoms with Gasteiger partial charge in [0.25, 0.3) is 0 Å². The van der Waals surface area contributed by atoms with Crippen molar-refractivity contribution < 1.29 is 9.90 Å². The van der Waals surface area contributed by atoms with Crippen LogP contribution in [-0.4, -0.2) is 27.5 Å². The summed E-state index contributed by atoms with van der Waals surface area (Å²) in [4.78, 5) is 13.5. The average molecular weight is 426 g/mol. The van der Waals surface area contributed by atoms with Gasteiger partial charge in [0.05, 0.1) is 0 Å². The van der Waals surface area contributed by atoms with E-state index in [1.807, 2.05) is 6.07 Å². The van der Waals surface area contributed by atoms with Gasteiger partial charge in [0, 0.05) is 28.1 Å². The lowest BCUT2D eigenvalue weighted by Gasteiger charge is -2.68. The second kappa shape index (κ2) is 6.79. The van der Waals surface area contributed by atoms with Crippen LogP contribution < -0.4 is 17.2 Å². The van der Waals surface area contributed by atoms with Crippen molar-refractivity contribution in [1.29, 1.82) is 0 Å². The summed E-state index contributed by atoms with van der Waals surface area (Å²) in [5.74, 6) is 1.38. The maximum Gasteiger partial charge on any atom is 0.166 e. The molecule has 31 heavy (non-hydrogen) atoms. The molecule has 0 radical (unpaired) electrons. The molecule has 5 heteroatoms. The fourth-order valence-electron chi connectivity index (χ4n) is 8.75. The zero-order chi connectivity index (χ0) is 22.2. The highest BCUT2D eigenvalue weighted by Crippen LogP contribution is 2.66. The van der Waals surface area contributed by atoms with E-state index in [1.165, 1.54) is 0 Å². The fraction of sp³-hybridized carbons (Fsp3) is 0.731. The molecule has 8 atom stereocenters. The molecule has 0 amide bonds. The summed E-state index contributed by atoms with van der Waals surface area (Å²) in [5.41, 5.74) is 21.0. The highest BCUT2D eigenvalue weighted by molar-refractivity contribution is 5.99. The smallest absolute Gasteiger partial charge is 0.166 e. The summed E-state index contributed by atoms with van der Waals surface area (Å²) >= 11 is 0. The highest BCUT2D eigenvalue weighted by Gasteiger charge is 2.69. The summed E-state index contributed by atoms with van der Waals surface area (Å²) in [6.45, 7) is 4.59.